The molecule has 6 heteroatoms. The number of amides is 1. The van der Waals surface area contributed by atoms with Gasteiger partial charge in [-0.15, -0.1) is 0 Å². The number of fused-ring (bicyclic) bond motifs is 1. The van der Waals surface area contributed by atoms with Crippen molar-refractivity contribution >= 4 is 17.0 Å². The van der Waals surface area contributed by atoms with E-state index in [9.17, 15) is 4.79 Å². The van der Waals surface area contributed by atoms with Crippen molar-refractivity contribution in [3.05, 3.63) is 47.2 Å². The fourth-order valence-corrected chi connectivity index (χ4v) is 2.65. The van der Waals surface area contributed by atoms with Gasteiger partial charge in [0.25, 0.3) is 11.6 Å². The number of benzene rings is 1. The first-order chi connectivity index (χ1) is 12.0. The van der Waals surface area contributed by atoms with Crippen LogP contribution in [0, 0.1) is 13.8 Å². The minimum atomic E-state index is -0.145. The lowest BCUT2D eigenvalue weighted by Crippen LogP contribution is -2.31. The van der Waals surface area contributed by atoms with Crippen molar-refractivity contribution in [1.82, 2.24) is 20.4 Å². The van der Waals surface area contributed by atoms with Crippen molar-refractivity contribution in [1.29, 1.82) is 0 Å². The zero-order valence-corrected chi connectivity index (χ0v) is 15.0. The van der Waals surface area contributed by atoms with Gasteiger partial charge in [-0.3, -0.25) is 4.79 Å². The highest BCUT2D eigenvalue weighted by atomic mass is 16.5. The van der Waals surface area contributed by atoms with Crippen LogP contribution in [0.4, 0.5) is 0 Å². The smallest absolute Gasteiger partial charge is 0.259 e. The highest BCUT2D eigenvalue weighted by Crippen LogP contribution is 2.30. The van der Waals surface area contributed by atoms with Gasteiger partial charge in [-0.1, -0.05) is 35.0 Å². The first-order valence-electron chi connectivity index (χ1n) is 8.22. The molecule has 3 rings (SSSR count). The van der Waals surface area contributed by atoms with E-state index in [0.29, 0.717) is 28.9 Å². The summed E-state index contributed by atoms with van der Waals surface area (Å²) in [6.07, 6.45) is 0. The Bertz CT molecular complexity index is 898. The largest absolute Gasteiger partial charge is 0.351 e. The van der Waals surface area contributed by atoms with E-state index in [1.165, 1.54) is 0 Å². The number of hydrogen-bond acceptors (Lipinski definition) is 5. The summed E-state index contributed by atoms with van der Waals surface area (Å²) in [4.78, 5) is 19.1. The number of aromatic nitrogens is 2. The van der Waals surface area contributed by atoms with Crippen LogP contribution in [0.1, 0.15) is 21.6 Å². The van der Waals surface area contributed by atoms with Crippen LogP contribution in [-0.2, 0) is 0 Å². The molecule has 25 heavy (non-hydrogen) atoms. The van der Waals surface area contributed by atoms with Gasteiger partial charge in [0.1, 0.15) is 5.69 Å². The van der Waals surface area contributed by atoms with Gasteiger partial charge in [0.15, 0.2) is 0 Å². The summed E-state index contributed by atoms with van der Waals surface area (Å²) in [5.41, 5.74) is 4.34. The number of carbonyl (C=O) groups is 1. The molecule has 0 unspecified atom stereocenters. The van der Waals surface area contributed by atoms with Crippen LogP contribution in [0.25, 0.3) is 22.4 Å². The van der Waals surface area contributed by atoms with E-state index in [4.69, 9.17) is 4.52 Å². The average molecular weight is 338 g/mol. The Labute approximate surface area is 146 Å². The predicted molar refractivity (Wildman–Crippen MR) is 97.6 cm³/mol. The van der Waals surface area contributed by atoms with Gasteiger partial charge in [-0.2, -0.15) is 0 Å². The summed E-state index contributed by atoms with van der Waals surface area (Å²) in [6, 6.07) is 9.74. The molecular formula is C19H22N4O2. The maximum atomic E-state index is 12.7. The molecule has 2 heterocycles. The summed E-state index contributed by atoms with van der Waals surface area (Å²) in [5, 5.41) is 7.76. The van der Waals surface area contributed by atoms with Crippen molar-refractivity contribution in [3.8, 4) is 11.3 Å². The van der Waals surface area contributed by atoms with Crippen LogP contribution >= 0.6 is 0 Å². The third-order valence-corrected chi connectivity index (χ3v) is 3.99. The van der Waals surface area contributed by atoms with Gasteiger partial charge in [0, 0.05) is 24.3 Å². The van der Waals surface area contributed by atoms with Crippen molar-refractivity contribution in [2.45, 2.75) is 13.8 Å². The monoisotopic (exact) mass is 338 g/mol. The summed E-state index contributed by atoms with van der Waals surface area (Å²) >= 11 is 0. The van der Waals surface area contributed by atoms with Crippen molar-refractivity contribution in [2.75, 3.05) is 27.2 Å². The maximum absolute atomic E-state index is 12.7. The Kier molecular flexibility index (Phi) is 4.81. The molecule has 0 bridgehead atoms. The summed E-state index contributed by atoms with van der Waals surface area (Å²) < 4.78 is 5.40. The Morgan fingerprint density at radius 2 is 1.92 bits per heavy atom. The number of aryl methyl sites for hydroxylation is 2. The van der Waals surface area contributed by atoms with Gasteiger partial charge in [-0.25, -0.2) is 4.98 Å². The molecule has 3 aromatic rings. The summed E-state index contributed by atoms with van der Waals surface area (Å²) in [5.74, 6) is -0.145. The second kappa shape index (κ2) is 7.03. The fraction of sp³-hybridized carbons (Fsp3) is 0.316. The standard InChI is InChI=1S/C19H22N4O2/c1-12-5-7-14(8-6-12)17-16-15(18(24)20-9-10-23(3)4)11-13(2)21-19(16)25-22-17/h5-8,11H,9-10H2,1-4H3,(H,20,24). The molecule has 130 valence electrons. The number of rotatable bonds is 5. The lowest BCUT2D eigenvalue weighted by molar-refractivity contribution is 0.0952. The Balaban J connectivity index is 2.03. The number of pyridine rings is 1. The third kappa shape index (κ3) is 3.69. The van der Waals surface area contributed by atoms with Gasteiger partial charge in [0.2, 0.25) is 0 Å². The van der Waals surface area contributed by atoms with E-state index >= 15 is 0 Å². The molecule has 6 nitrogen and oxygen atoms in total. The average Bonchev–Trinajstić information content (AvgIpc) is 2.98. The van der Waals surface area contributed by atoms with Crippen LogP contribution < -0.4 is 5.32 Å². The zero-order valence-electron chi connectivity index (χ0n) is 15.0. The second-order valence-corrected chi connectivity index (χ2v) is 6.45. The minimum absolute atomic E-state index is 0.145. The second-order valence-electron chi connectivity index (χ2n) is 6.45. The third-order valence-electron chi connectivity index (χ3n) is 3.99. The first-order valence-corrected chi connectivity index (χ1v) is 8.22. The first kappa shape index (κ1) is 17.1. The van der Waals surface area contributed by atoms with Crippen LogP contribution in [-0.4, -0.2) is 48.1 Å². The number of hydrogen-bond donors (Lipinski definition) is 1. The summed E-state index contributed by atoms with van der Waals surface area (Å²) in [6.45, 7) is 5.20. The Morgan fingerprint density at radius 1 is 1.20 bits per heavy atom. The Morgan fingerprint density at radius 3 is 2.60 bits per heavy atom. The van der Waals surface area contributed by atoms with Crippen molar-refractivity contribution in [3.63, 3.8) is 0 Å². The molecule has 0 atom stereocenters. The molecule has 1 aromatic carbocycles. The molecule has 0 saturated heterocycles. The van der Waals surface area contributed by atoms with Crippen LogP contribution in [0.3, 0.4) is 0 Å². The number of nitrogens with one attached hydrogen (secondary N) is 1. The quantitative estimate of drug-likeness (QED) is 0.774. The van der Waals surface area contributed by atoms with E-state index in [-0.39, 0.29) is 5.91 Å². The fourth-order valence-electron chi connectivity index (χ4n) is 2.65. The summed E-state index contributed by atoms with van der Waals surface area (Å²) in [7, 11) is 3.94. The SMILES string of the molecule is Cc1ccc(-c2noc3nc(C)cc(C(=O)NCCN(C)C)c23)cc1. The Hall–Kier alpha value is -2.73. The molecule has 0 spiro atoms. The topological polar surface area (TPSA) is 71.3 Å². The van der Waals surface area contributed by atoms with Gasteiger partial charge in [0.05, 0.1) is 10.9 Å². The molecule has 0 fully saturated rings. The normalized spacial score (nSPS) is 11.2. The highest BCUT2D eigenvalue weighted by molar-refractivity contribution is 6.09. The molecule has 1 N–H and O–H groups in total. The zero-order chi connectivity index (χ0) is 18.0. The maximum Gasteiger partial charge on any atom is 0.259 e. The molecule has 1 amide bonds. The number of likely N-dealkylation sites (N-methyl/N-ethyl adjacent to an activating group) is 1. The van der Waals surface area contributed by atoms with Gasteiger partial charge in [-0.05, 0) is 34.0 Å². The van der Waals surface area contributed by atoms with Gasteiger partial charge >= 0.3 is 0 Å². The molecule has 0 aliphatic carbocycles. The van der Waals surface area contributed by atoms with E-state index in [2.05, 4.69) is 15.5 Å². The van der Waals surface area contributed by atoms with E-state index in [0.717, 1.165) is 23.4 Å². The minimum Gasteiger partial charge on any atom is -0.351 e. The van der Waals surface area contributed by atoms with Crippen molar-refractivity contribution in [2.24, 2.45) is 0 Å². The number of carbonyl (C=O) groups excluding carboxylic acids is 1. The van der Waals surface area contributed by atoms with Crippen LogP contribution in [0.2, 0.25) is 0 Å². The molecule has 0 aliphatic rings. The van der Waals surface area contributed by atoms with Gasteiger partial charge < -0.3 is 14.7 Å². The predicted octanol–water partition coefficient (Wildman–Crippen LogP) is 2.80. The van der Waals surface area contributed by atoms with Crippen molar-refractivity contribution < 1.29 is 9.32 Å². The van der Waals surface area contributed by atoms with Crippen LogP contribution in [0.5, 0.6) is 0 Å². The lowest BCUT2D eigenvalue weighted by Gasteiger charge is -2.11. The molecule has 0 aliphatic heterocycles. The van der Waals surface area contributed by atoms with E-state index in [1.54, 1.807) is 6.07 Å². The van der Waals surface area contributed by atoms with E-state index in [1.807, 2.05) is 57.1 Å². The van der Waals surface area contributed by atoms with E-state index < -0.39 is 0 Å². The van der Waals surface area contributed by atoms with Crippen LogP contribution in [0.15, 0.2) is 34.9 Å². The lowest BCUT2D eigenvalue weighted by atomic mass is 10.0. The molecular weight excluding hydrogens is 316 g/mol. The molecule has 0 saturated carbocycles. The molecule has 2 aromatic heterocycles. The molecule has 0 radical (unpaired) electrons. The highest BCUT2D eigenvalue weighted by Gasteiger charge is 2.20. The number of nitrogens with zero attached hydrogens (tertiary/aromatic N) is 3.